The number of carbonyl (C=O) groups excluding carboxylic acids is 2. The van der Waals surface area contributed by atoms with E-state index < -0.39 is 42.4 Å². The summed E-state index contributed by atoms with van der Waals surface area (Å²) >= 11 is 0. The molecular formula is C20H29N5O8. The molecule has 2 unspecified atom stereocenters. The Morgan fingerprint density at radius 3 is 2.03 bits per heavy atom. The molecule has 33 heavy (non-hydrogen) atoms. The molecule has 13 heteroatoms. The minimum absolute atomic E-state index is 0.0462. The van der Waals surface area contributed by atoms with Crippen molar-refractivity contribution in [3.05, 3.63) is 23.9 Å². The molecule has 3 amide bonds. The summed E-state index contributed by atoms with van der Waals surface area (Å²) in [4.78, 5) is 63.1. The molecule has 0 aliphatic heterocycles. The van der Waals surface area contributed by atoms with E-state index >= 15 is 0 Å². The Labute approximate surface area is 190 Å². The van der Waals surface area contributed by atoms with Crippen LogP contribution in [0, 0.1) is 0 Å². The number of aliphatic carboxylic acids is 3. The van der Waals surface area contributed by atoms with Crippen LogP contribution in [0.3, 0.4) is 0 Å². The molecule has 0 fully saturated rings. The minimum atomic E-state index is -1.47. The smallest absolute Gasteiger partial charge is 0.326 e. The van der Waals surface area contributed by atoms with Gasteiger partial charge in [-0.2, -0.15) is 0 Å². The van der Waals surface area contributed by atoms with Crippen molar-refractivity contribution in [1.82, 2.24) is 20.9 Å². The zero-order valence-corrected chi connectivity index (χ0v) is 18.4. The highest BCUT2D eigenvalue weighted by atomic mass is 16.4. The molecule has 0 aliphatic carbocycles. The minimum Gasteiger partial charge on any atom is -0.481 e. The van der Waals surface area contributed by atoms with Gasteiger partial charge in [-0.25, -0.2) is 19.4 Å². The van der Waals surface area contributed by atoms with Crippen LogP contribution < -0.4 is 20.9 Å². The quantitative estimate of drug-likeness (QED) is 0.204. The van der Waals surface area contributed by atoms with Crippen LogP contribution in [0.2, 0.25) is 0 Å². The maximum atomic E-state index is 12.1. The summed E-state index contributed by atoms with van der Waals surface area (Å²) < 4.78 is 0. The van der Waals surface area contributed by atoms with E-state index in [1.54, 1.807) is 17.0 Å². The average Bonchev–Trinajstić information content (AvgIpc) is 2.74. The Morgan fingerprint density at radius 1 is 0.939 bits per heavy atom. The van der Waals surface area contributed by atoms with Crippen LogP contribution in [-0.2, 0) is 14.4 Å². The maximum absolute atomic E-state index is 12.1. The number of carbonyl (C=O) groups is 5. The molecule has 2 atom stereocenters. The van der Waals surface area contributed by atoms with Gasteiger partial charge in [0.05, 0.1) is 5.56 Å². The standard InChI is InChI=1S/C20H29N5O8/c1-25(2)15-8-6-12(11-22-15)17(28)21-10-4-3-5-13(18(29)30)23-20(33)24-14(19(31)32)7-9-16(26)27/h6,8,11,13-14H,3-5,7,9-10H2,1-2H3,(H,21,28)(H,26,27)(H,29,30)(H,31,32)(H2,23,24,33). The van der Waals surface area contributed by atoms with Crippen molar-refractivity contribution in [2.75, 3.05) is 25.5 Å². The topological polar surface area (TPSA) is 198 Å². The number of anilines is 1. The maximum Gasteiger partial charge on any atom is 0.326 e. The Balaban J connectivity index is 2.43. The third-order valence-electron chi connectivity index (χ3n) is 4.53. The lowest BCUT2D eigenvalue weighted by Crippen LogP contribution is -2.51. The monoisotopic (exact) mass is 467 g/mol. The van der Waals surface area contributed by atoms with Gasteiger partial charge in [0.15, 0.2) is 0 Å². The second-order valence-corrected chi connectivity index (χ2v) is 7.38. The van der Waals surface area contributed by atoms with E-state index in [0.29, 0.717) is 24.2 Å². The summed E-state index contributed by atoms with van der Waals surface area (Å²) in [5.41, 5.74) is 0.387. The zero-order valence-electron chi connectivity index (χ0n) is 18.4. The first-order chi connectivity index (χ1) is 15.5. The van der Waals surface area contributed by atoms with Crippen molar-refractivity contribution in [3.8, 4) is 0 Å². The molecule has 0 saturated carbocycles. The Hall–Kier alpha value is -3.90. The third kappa shape index (κ3) is 10.3. The first-order valence-electron chi connectivity index (χ1n) is 10.2. The number of rotatable bonds is 14. The molecule has 1 aromatic heterocycles. The van der Waals surface area contributed by atoms with Crippen molar-refractivity contribution >= 4 is 35.7 Å². The van der Waals surface area contributed by atoms with Gasteiger partial charge in [-0.05, 0) is 37.8 Å². The molecule has 0 bridgehead atoms. The number of urea groups is 1. The highest BCUT2D eigenvalue weighted by Gasteiger charge is 2.24. The number of hydrogen-bond acceptors (Lipinski definition) is 7. The molecule has 0 radical (unpaired) electrons. The van der Waals surface area contributed by atoms with Crippen molar-refractivity contribution < 1.29 is 39.3 Å². The molecule has 0 aliphatic rings. The number of aromatic nitrogens is 1. The second kappa shape index (κ2) is 13.5. The number of pyridine rings is 1. The van der Waals surface area contributed by atoms with Crippen molar-refractivity contribution in [2.24, 2.45) is 0 Å². The highest BCUT2D eigenvalue weighted by molar-refractivity contribution is 5.94. The lowest BCUT2D eigenvalue weighted by molar-refractivity contribution is -0.140. The van der Waals surface area contributed by atoms with Gasteiger partial charge in [-0.15, -0.1) is 0 Å². The second-order valence-electron chi connectivity index (χ2n) is 7.38. The number of amides is 3. The van der Waals surface area contributed by atoms with Crippen LogP contribution in [0.5, 0.6) is 0 Å². The first-order valence-corrected chi connectivity index (χ1v) is 10.2. The molecule has 6 N–H and O–H groups in total. The summed E-state index contributed by atoms with van der Waals surface area (Å²) in [6.07, 6.45) is 1.48. The Bertz CT molecular complexity index is 843. The zero-order chi connectivity index (χ0) is 25.0. The number of carboxylic acids is 3. The predicted molar refractivity (Wildman–Crippen MR) is 116 cm³/mol. The molecule has 1 rings (SSSR count). The summed E-state index contributed by atoms with van der Waals surface area (Å²) in [7, 11) is 3.66. The van der Waals surface area contributed by atoms with E-state index in [2.05, 4.69) is 20.9 Å². The van der Waals surface area contributed by atoms with Crippen molar-refractivity contribution in [2.45, 2.75) is 44.2 Å². The van der Waals surface area contributed by atoms with E-state index in [0.717, 1.165) is 0 Å². The van der Waals surface area contributed by atoms with Gasteiger partial charge in [-0.1, -0.05) is 0 Å². The Kier molecular flexibility index (Phi) is 11.1. The number of unbranched alkanes of at least 4 members (excludes halogenated alkanes) is 1. The van der Waals surface area contributed by atoms with Crippen LogP contribution in [-0.4, -0.2) is 82.9 Å². The molecule has 1 aromatic rings. The van der Waals surface area contributed by atoms with Crippen LogP contribution in [0.15, 0.2) is 18.3 Å². The van der Waals surface area contributed by atoms with Gasteiger partial charge in [0.1, 0.15) is 17.9 Å². The van der Waals surface area contributed by atoms with Gasteiger partial charge < -0.3 is 36.2 Å². The predicted octanol–water partition coefficient (Wildman–Crippen LogP) is 0.118. The summed E-state index contributed by atoms with van der Waals surface area (Å²) in [6.45, 7) is 0.281. The van der Waals surface area contributed by atoms with E-state index in [9.17, 15) is 29.1 Å². The normalized spacial score (nSPS) is 12.2. The van der Waals surface area contributed by atoms with E-state index in [1.807, 2.05) is 14.1 Å². The van der Waals surface area contributed by atoms with Crippen molar-refractivity contribution in [1.29, 1.82) is 0 Å². The van der Waals surface area contributed by atoms with Gasteiger partial charge >= 0.3 is 23.9 Å². The third-order valence-corrected chi connectivity index (χ3v) is 4.53. The van der Waals surface area contributed by atoms with Crippen LogP contribution in [0.25, 0.3) is 0 Å². The van der Waals surface area contributed by atoms with Gasteiger partial charge in [-0.3, -0.25) is 9.59 Å². The number of carboxylic acid groups (broad SMARTS) is 3. The number of nitrogens with zero attached hydrogens (tertiary/aromatic N) is 2. The average molecular weight is 467 g/mol. The van der Waals surface area contributed by atoms with E-state index in [4.69, 9.17) is 10.2 Å². The largest absolute Gasteiger partial charge is 0.481 e. The lowest BCUT2D eigenvalue weighted by atomic mass is 10.1. The fraction of sp³-hybridized carbons (Fsp3) is 0.500. The molecular weight excluding hydrogens is 438 g/mol. The van der Waals surface area contributed by atoms with Gasteiger partial charge in [0.25, 0.3) is 5.91 Å². The van der Waals surface area contributed by atoms with Gasteiger partial charge in [0, 0.05) is 33.3 Å². The van der Waals surface area contributed by atoms with Crippen LogP contribution in [0.1, 0.15) is 42.5 Å². The fourth-order valence-corrected chi connectivity index (χ4v) is 2.70. The number of hydrogen-bond donors (Lipinski definition) is 6. The van der Waals surface area contributed by atoms with Gasteiger partial charge in [0.2, 0.25) is 0 Å². The molecule has 0 saturated heterocycles. The van der Waals surface area contributed by atoms with Crippen molar-refractivity contribution in [3.63, 3.8) is 0 Å². The summed E-state index contributed by atoms with van der Waals surface area (Å²) in [5, 5.41) is 33.9. The lowest BCUT2D eigenvalue weighted by Gasteiger charge is -2.18. The van der Waals surface area contributed by atoms with Crippen LogP contribution in [0.4, 0.5) is 10.6 Å². The summed E-state index contributed by atoms with van der Waals surface area (Å²) in [5.74, 6) is -3.57. The molecule has 13 nitrogen and oxygen atoms in total. The molecule has 0 spiro atoms. The molecule has 1 heterocycles. The fourth-order valence-electron chi connectivity index (χ4n) is 2.70. The number of nitrogens with one attached hydrogen (secondary N) is 3. The van der Waals surface area contributed by atoms with E-state index in [1.165, 1.54) is 6.20 Å². The summed E-state index contributed by atoms with van der Waals surface area (Å²) in [6, 6.07) is -0.423. The first kappa shape index (κ1) is 27.1. The van der Waals surface area contributed by atoms with E-state index in [-0.39, 0.29) is 25.3 Å². The molecule has 0 aromatic carbocycles. The van der Waals surface area contributed by atoms with Crippen LogP contribution >= 0.6 is 0 Å². The molecule has 182 valence electrons. The SMILES string of the molecule is CN(C)c1ccc(C(=O)NCCCCC(NC(=O)NC(CCC(=O)O)C(=O)O)C(=O)O)cn1. The Morgan fingerprint density at radius 2 is 1.55 bits per heavy atom. The highest BCUT2D eigenvalue weighted by Crippen LogP contribution is 2.08.